The number of hydrogen-bond acceptors (Lipinski definition) is 4. The highest BCUT2D eigenvalue weighted by atomic mass is 32.2. The van der Waals surface area contributed by atoms with Crippen LogP contribution in [0.4, 0.5) is 5.69 Å². The van der Waals surface area contributed by atoms with Crippen molar-refractivity contribution in [1.29, 1.82) is 0 Å². The van der Waals surface area contributed by atoms with E-state index in [9.17, 15) is 14.4 Å². The Bertz CT molecular complexity index is 680. The molecule has 1 amide bonds. The second-order valence-electron chi connectivity index (χ2n) is 8.17. The molecule has 0 aliphatic carbocycles. The number of carboxylic acid groups (broad SMARTS) is 2. The van der Waals surface area contributed by atoms with Crippen molar-refractivity contribution in [3.05, 3.63) is 24.3 Å². The smallest absolute Gasteiger partial charge is 0.303 e. The largest absolute Gasteiger partial charge is 0.481 e. The van der Waals surface area contributed by atoms with Gasteiger partial charge in [0.1, 0.15) is 0 Å². The third-order valence-corrected chi connectivity index (χ3v) is 6.41. The van der Waals surface area contributed by atoms with E-state index in [-0.39, 0.29) is 18.7 Å². The maximum Gasteiger partial charge on any atom is 0.303 e. The summed E-state index contributed by atoms with van der Waals surface area (Å²) < 4.78 is 0. The molecular weight excluding hydrogens is 426 g/mol. The van der Waals surface area contributed by atoms with Gasteiger partial charge in [0.25, 0.3) is 0 Å². The van der Waals surface area contributed by atoms with E-state index in [2.05, 4.69) is 5.32 Å². The van der Waals surface area contributed by atoms with Gasteiger partial charge in [-0.15, -0.1) is 11.8 Å². The Balaban J connectivity index is 2.10. The zero-order chi connectivity index (χ0) is 23.4. The predicted octanol–water partition coefficient (Wildman–Crippen LogP) is 6.74. The highest BCUT2D eigenvalue weighted by Crippen LogP contribution is 2.28. The summed E-state index contributed by atoms with van der Waals surface area (Å²) in [7, 11) is 0. The molecule has 0 heterocycles. The van der Waals surface area contributed by atoms with Crippen LogP contribution in [-0.2, 0) is 14.4 Å². The number of hydrogen-bond donors (Lipinski definition) is 3. The van der Waals surface area contributed by atoms with Crippen molar-refractivity contribution in [2.75, 3.05) is 11.1 Å². The Morgan fingerprint density at radius 3 is 1.69 bits per heavy atom. The van der Waals surface area contributed by atoms with Gasteiger partial charge < -0.3 is 15.5 Å². The van der Waals surface area contributed by atoms with E-state index in [1.54, 1.807) is 11.8 Å². The summed E-state index contributed by atoms with van der Waals surface area (Å²) in [6.07, 6.45) is 13.1. The Kier molecular flexibility index (Phi) is 16.2. The quantitative estimate of drug-likeness (QED) is 0.146. The SMILES string of the molecule is O=C(O)CCCCCCCCCCCC(=O)Nc1ccccc1SCCCCCC(=O)O. The molecule has 1 aromatic carbocycles. The van der Waals surface area contributed by atoms with Crippen LogP contribution in [0.1, 0.15) is 96.3 Å². The number of carbonyl (C=O) groups is 3. The molecule has 0 atom stereocenters. The average molecular weight is 466 g/mol. The van der Waals surface area contributed by atoms with Gasteiger partial charge in [-0.2, -0.15) is 0 Å². The number of nitrogens with one attached hydrogen (secondary N) is 1. The molecule has 180 valence electrons. The average Bonchev–Trinajstić information content (AvgIpc) is 2.75. The molecule has 0 saturated heterocycles. The Labute approximate surface area is 196 Å². The number of carbonyl (C=O) groups excluding carboxylic acids is 1. The number of para-hydroxylation sites is 1. The van der Waals surface area contributed by atoms with Crippen molar-refractivity contribution in [3.63, 3.8) is 0 Å². The molecule has 32 heavy (non-hydrogen) atoms. The zero-order valence-electron chi connectivity index (χ0n) is 19.2. The number of unbranched alkanes of at least 4 members (excludes halogenated alkanes) is 10. The van der Waals surface area contributed by atoms with Crippen LogP contribution in [0.15, 0.2) is 29.2 Å². The molecule has 3 N–H and O–H groups in total. The van der Waals surface area contributed by atoms with E-state index < -0.39 is 11.9 Å². The molecule has 0 bridgehead atoms. The molecule has 0 unspecified atom stereocenters. The van der Waals surface area contributed by atoms with Crippen molar-refractivity contribution in [2.45, 2.75) is 101 Å². The monoisotopic (exact) mass is 465 g/mol. The molecule has 1 aromatic rings. The van der Waals surface area contributed by atoms with Crippen LogP contribution in [0.5, 0.6) is 0 Å². The van der Waals surface area contributed by atoms with Crippen LogP contribution in [0.2, 0.25) is 0 Å². The van der Waals surface area contributed by atoms with E-state index >= 15 is 0 Å². The van der Waals surface area contributed by atoms with Gasteiger partial charge in [0.05, 0.1) is 5.69 Å². The second-order valence-corrected chi connectivity index (χ2v) is 9.31. The van der Waals surface area contributed by atoms with Gasteiger partial charge in [-0.05, 0) is 43.6 Å². The Hall–Kier alpha value is -2.02. The van der Waals surface area contributed by atoms with Crippen LogP contribution in [0.25, 0.3) is 0 Å². The summed E-state index contributed by atoms with van der Waals surface area (Å²) >= 11 is 1.70. The number of benzene rings is 1. The minimum atomic E-state index is -0.740. The fraction of sp³-hybridized carbons (Fsp3) is 0.640. The number of thioether (sulfide) groups is 1. The third-order valence-electron chi connectivity index (χ3n) is 5.25. The molecule has 7 heteroatoms. The van der Waals surface area contributed by atoms with Gasteiger partial charge in [-0.1, -0.05) is 63.5 Å². The summed E-state index contributed by atoms with van der Waals surface area (Å²) in [6.45, 7) is 0. The molecule has 0 saturated carbocycles. The summed E-state index contributed by atoms with van der Waals surface area (Å²) in [4.78, 5) is 34.4. The lowest BCUT2D eigenvalue weighted by molar-refractivity contribution is -0.138. The van der Waals surface area contributed by atoms with Gasteiger partial charge in [0, 0.05) is 24.2 Å². The number of anilines is 1. The van der Waals surface area contributed by atoms with Crippen LogP contribution < -0.4 is 5.32 Å². The molecule has 0 aliphatic rings. The highest BCUT2D eigenvalue weighted by Gasteiger charge is 2.07. The van der Waals surface area contributed by atoms with Crippen LogP contribution in [0.3, 0.4) is 0 Å². The van der Waals surface area contributed by atoms with Gasteiger partial charge in [-0.25, -0.2) is 0 Å². The van der Waals surface area contributed by atoms with Crippen LogP contribution >= 0.6 is 11.8 Å². The molecule has 1 rings (SSSR count). The van der Waals surface area contributed by atoms with Gasteiger partial charge >= 0.3 is 11.9 Å². The third kappa shape index (κ3) is 15.7. The van der Waals surface area contributed by atoms with Gasteiger partial charge in [0.2, 0.25) is 5.91 Å². The van der Waals surface area contributed by atoms with Crippen LogP contribution in [-0.4, -0.2) is 33.8 Å². The first-order valence-corrected chi connectivity index (χ1v) is 12.9. The number of rotatable bonds is 20. The van der Waals surface area contributed by atoms with Crippen molar-refractivity contribution in [3.8, 4) is 0 Å². The maximum atomic E-state index is 12.3. The molecule has 6 nitrogen and oxygen atoms in total. The Morgan fingerprint density at radius 2 is 1.12 bits per heavy atom. The van der Waals surface area contributed by atoms with E-state index in [0.29, 0.717) is 12.8 Å². The van der Waals surface area contributed by atoms with Gasteiger partial charge in [0.15, 0.2) is 0 Å². The van der Waals surface area contributed by atoms with Crippen molar-refractivity contribution >= 4 is 35.3 Å². The number of aliphatic carboxylic acids is 2. The lowest BCUT2D eigenvalue weighted by atomic mass is 10.1. The fourth-order valence-electron chi connectivity index (χ4n) is 3.44. The van der Waals surface area contributed by atoms with Crippen molar-refractivity contribution < 1.29 is 24.6 Å². The second kappa shape index (κ2) is 18.5. The Morgan fingerprint density at radius 1 is 0.656 bits per heavy atom. The standard InChI is InChI=1S/C25H39NO5S/c27-23(17-9-6-4-2-1-3-5-7-10-18-24(28)29)26-21-15-12-13-16-22(21)32-20-14-8-11-19-25(30)31/h12-13,15-16H,1-11,14,17-20H2,(H,26,27)(H,28,29)(H,30,31). The molecular formula is C25H39NO5S. The maximum absolute atomic E-state index is 12.3. The normalized spacial score (nSPS) is 10.8. The van der Waals surface area contributed by atoms with E-state index in [4.69, 9.17) is 10.2 Å². The van der Waals surface area contributed by atoms with Crippen LogP contribution in [0, 0.1) is 0 Å². The molecule has 0 aliphatic heterocycles. The predicted molar refractivity (Wildman–Crippen MR) is 130 cm³/mol. The molecule has 0 aromatic heterocycles. The summed E-state index contributed by atoms with van der Waals surface area (Å²) in [5, 5.41) is 20.3. The minimum Gasteiger partial charge on any atom is -0.481 e. The van der Waals surface area contributed by atoms with E-state index in [0.717, 1.165) is 74.1 Å². The topological polar surface area (TPSA) is 104 Å². The molecule has 0 fully saturated rings. The number of amides is 1. The summed E-state index contributed by atoms with van der Waals surface area (Å²) in [5.41, 5.74) is 0.857. The van der Waals surface area contributed by atoms with E-state index in [1.807, 2.05) is 24.3 Å². The van der Waals surface area contributed by atoms with E-state index in [1.165, 1.54) is 12.8 Å². The lowest BCUT2D eigenvalue weighted by Gasteiger charge is -2.11. The summed E-state index contributed by atoms with van der Waals surface area (Å²) in [5.74, 6) is -0.485. The first-order chi connectivity index (χ1) is 15.5. The first-order valence-electron chi connectivity index (χ1n) is 11.9. The van der Waals surface area contributed by atoms with Crippen molar-refractivity contribution in [1.82, 2.24) is 0 Å². The molecule has 0 spiro atoms. The first kappa shape index (κ1) is 28.0. The zero-order valence-corrected chi connectivity index (χ0v) is 20.0. The summed E-state index contributed by atoms with van der Waals surface area (Å²) in [6, 6.07) is 7.84. The highest BCUT2D eigenvalue weighted by molar-refractivity contribution is 7.99. The molecule has 0 radical (unpaired) electrons. The lowest BCUT2D eigenvalue weighted by Crippen LogP contribution is -2.11. The minimum absolute atomic E-state index is 0.0536. The fourth-order valence-corrected chi connectivity index (χ4v) is 4.46. The number of carboxylic acids is 2. The van der Waals surface area contributed by atoms with Crippen molar-refractivity contribution in [2.24, 2.45) is 0 Å². The van der Waals surface area contributed by atoms with Gasteiger partial charge in [-0.3, -0.25) is 14.4 Å².